The number of ether oxygens (including phenoxy) is 1. The number of carbonyl (C=O) groups is 1. The molecule has 1 N–H and O–H groups in total. The van der Waals surface area contributed by atoms with Crippen molar-refractivity contribution in [2.75, 3.05) is 0 Å². The summed E-state index contributed by atoms with van der Waals surface area (Å²) in [7, 11) is 0. The molecule has 134 valence electrons. The highest BCUT2D eigenvalue weighted by molar-refractivity contribution is 6.30. The van der Waals surface area contributed by atoms with E-state index in [9.17, 15) is 18.0 Å². The quantitative estimate of drug-likeness (QED) is 0.639. The summed E-state index contributed by atoms with van der Waals surface area (Å²) in [5, 5.41) is 9.22. The lowest BCUT2D eigenvalue weighted by Crippen LogP contribution is -1.98. The van der Waals surface area contributed by atoms with E-state index in [1.54, 1.807) is 0 Å². The van der Waals surface area contributed by atoms with Crippen LogP contribution in [0.1, 0.15) is 21.9 Å². The van der Waals surface area contributed by atoms with Crippen LogP contribution in [-0.2, 0) is 6.42 Å². The van der Waals surface area contributed by atoms with Gasteiger partial charge in [0.05, 0.1) is 0 Å². The Labute approximate surface area is 150 Å². The van der Waals surface area contributed by atoms with Crippen molar-refractivity contribution in [2.45, 2.75) is 6.42 Å². The second kappa shape index (κ2) is 7.13. The van der Waals surface area contributed by atoms with Crippen molar-refractivity contribution < 1.29 is 32.2 Å². The molecule has 3 rings (SSSR count). The first-order chi connectivity index (χ1) is 12.3. The number of carboxylic acid groups (broad SMARTS) is 1. The van der Waals surface area contributed by atoms with Crippen LogP contribution in [0.2, 0.25) is 5.02 Å². The zero-order chi connectivity index (χ0) is 18.8. The molecule has 0 atom stereocenters. The Balaban J connectivity index is 1.94. The minimum absolute atomic E-state index is 0.0621. The number of furan rings is 1. The van der Waals surface area contributed by atoms with E-state index >= 15 is 0 Å². The Morgan fingerprint density at radius 3 is 2.38 bits per heavy atom. The maximum absolute atomic E-state index is 13.8. The Bertz CT molecular complexity index is 961. The highest BCUT2D eigenvalue weighted by atomic mass is 35.5. The maximum atomic E-state index is 13.8. The molecule has 26 heavy (non-hydrogen) atoms. The normalized spacial score (nSPS) is 10.8. The molecule has 0 spiro atoms. The SMILES string of the molecule is O=C(O)c1ccc(Cc2cc(Cl)ccc2Oc2c(F)cc(F)cc2F)o1. The number of hydrogen-bond donors (Lipinski definition) is 1. The fourth-order valence-electron chi connectivity index (χ4n) is 2.30. The summed E-state index contributed by atoms with van der Waals surface area (Å²) in [4.78, 5) is 10.9. The van der Waals surface area contributed by atoms with Crippen LogP contribution in [0.3, 0.4) is 0 Å². The topological polar surface area (TPSA) is 59.7 Å². The molecule has 0 radical (unpaired) electrons. The third kappa shape index (κ3) is 3.83. The Morgan fingerprint density at radius 1 is 1.08 bits per heavy atom. The van der Waals surface area contributed by atoms with Crippen molar-refractivity contribution in [1.29, 1.82) is 0 Å². The smallest absolute Gasteiger partial charge is 0.371 e. The number of aromatic carboxylic acids is 1. The fourth-order valence-corrected chi connectivity index (χ4v) is 2.49. The van der Waals surface area contributed by atoms with Crippen LogP contribution < -0.4 is 4.74 Å². The largest absolute Gasteiger partial charge is 0.475 e. The van der Waals surface area contributed by atoms with E-state index in [4.69, 9.17) is 25.9 Å². The second-order valence-electron chi connectivity index (χ2n) is 5.30. The summed E-state index contributed by atoms with van der Waals surface area (Å²) >= 11 is 5.95. The van der Waals surface area contributed by atoms with Gasteiger partial charge in [0.15, 0.2) is 17.4 Å². The van der Waals surface area contributed by atoms with Crippen molar-refractivity contribution in [2.24, 2.45) is 0 Å². The van der Waals surface area contributed by atoms with Gasteiger partial charge < -0.3 is 14.3 Å². The van der Waals surface area contributed by atoms with Crippen molar-refractivity contribution in [3.8, 4) is 11.5 Å². The van der Waals surface area contributed by atoms with E-state index in [1.807, 2.05) is 0 Å². The molecule has 0 amide bonds. The summed E-state index contributed by atoms with van der Waals surface area (Å²) in [6.07, 6.45) is 0.0631. The first-order valence-electron chi connectivity index (χ1n) is 7.26. The van der Waals surface area contributed by atoms with Gasteiger partial charge in [0.25, 0.3) is 0 Å². The van der Waals surface area contributed by atoms with E-state index < -0.39 is 29.2 Å². The molecule has 0 aliphatic heterocycles. The van der Waals surface area contributed by atoms with Crippen LogP contribution in [0.15, 0.2) is 46.9 Å². The monoisotopic (exact) mass is 382 g/mol. The Hall–Kier alpha value is -2.93. The molecular formula is C18H10ClF3O4. The van der Waals surface area contributed by atoms with Crippen molar-refractivity contribution in [3.05, 3.63) is 82.0 Å². The van der Waals surface area contributed by atoms with Crippen molar-refractivity contribution >= 4 is 17.6 Å². The minimum atomic E-state index is -1.23. The van der Waals surface area contributed by atoms with Crippen LogP contribution in [0.25, 0.3) is 0 Å². The Morgan fingerprint density at radius 2 is 1.77 bits per heavy atom. The summed E-state index contributed by atoms with van der Waals surface area (Å²) < 4.78 is 51.1. The number of benzene rings is 2. The van der Waals surface area contributed by atoms with Gasteiger partial charge in [-0.3, -0.25) is 0 Å². The highest BCUT2D eigenvalue weighted by Gasteiger charge is 2.17. The van der Waals surface area contributed by atoms with Gasteiger partial charge in [-0.05, 0) is 30.3 Å². The number of carboxylic acids is 1. The molecule has 0 saturated carbocycles. The van der Waals surface area contributed by atoms with Gasteiger partial charge in [0.2, 0.25) is 5.76 Å². The van der Waals surface area contributed by atoms with E-state index in [1.165, 1.54) is 30.3 Å². The first kappa shape index (κ1) is 17.9. The molecule has 1 heterocycles. The van der Waals surface area contributed by atoms with Gasteiger partial charge in [0.1, 0.15) is 17.3 Å². The van der Waals surface area contributed by atoms with Gasteiger partial charge >= 0.3 is 5.97 Å². The molecule has 8 heteroatoms. The van der Waals surface area contributed by atoms with Gasteiger partial charge in [0, 0.05) is 29.1 Å². The number of rotatable bonds is 5. The molecule has 4 nitrogen and oxygen atoms in total. The van der Waals surface area contributed by atoms with E-state index in [0.29, 0.717) is 22.7 Å². The first-order valence-corrected chi connectivity index (χ1v) is 7.64. The summed E-state index contributed by atoms with van der Waals surface area (Å²) in [5.41, 5.74) is 0.395. The highest BCUT2D eigenvalue weighted by Crippen LogP contribution is 2.33. The second-order valence-corrected chi connectivity index (χ2v) is 5.74. The van der Waals surface area contributed by atoms with E-state index in [-0.39, 0.29) is 23.7 Å². The predicted octanol–water partition coefficient (Wildman–Crippen LogP) is 5.43. The third-order valence-electron chi connectivity index (χ3n) is 3.43. The maximum Gasteiger partial charge on any atom is 0.371 e. The minimum Gasteiger partial charge on any atom is -0.475 e. The fraction of sp³-hybridized carbons (Fsp3) is 0.0556. The van der Waals surface area contributed by atoms with Gasteiger partial charge in [-0.2, -0.15) is 0 Å². The van der Waals surface area contributed by atoms with Crippen LogP contribution in [-0.4, -0.2) is 11.1 Å². The van der Waals surface area contributed by atoms with Gasteiger partial charge in [-0.15, -0.1) is 0 Å². The van der Waals surface area contributed by atoms with Crippen molar-refractivity contribution in [1.82, 2.24) is 0 Å². The lowest BCUT2D eigenvalue weighted by atomic mass is 10.1. The molecule has 1 aromatic heterocycles. The molecule has 0 aliphatic carbocycles. The zero-order valence-corrected chi connectivity index (χ0v) is 13.7. The Kier molecular flexibility index (Phi) is 4.90. The lowest BCUT2D eigenvalue weighted by molar-refractivity contribution is 0.0660. The standard InChI is InChI=1S/C18H10ClF3O4/c19-10-1-3-15(26-17-13(21)7-11(20)8-14(17)22)9(5-10)6-12-2-4-16(25-12)18(23)24/h1-5,7-8H,6H2,(H,23,24). The van der Waals surface area contributed by atoms with Crippen LogP contribution in [0, 0.1) is 17.5 Å². The summed E-state index contributed by atoms with van der Waals surface area (Å²) in [6.45, 7) is 0. The van der Waals surface area contributed by atoms with Gasteiger partial charge in [-0.25, -0.2) is 18.0 Å². The van der Waals surface area contributed by atoms with Crippen LogP contribution in [0.4, 0.5) is 13.2 Å². The molecule has 2 aromatic carbocycles. The molecule has 0 saturated heterocycles. The average molecular weight is 383 g/mol. The summed E-state index contributed by atoms with van der Waals surface area (Å²) in [5.74, 6) is -5.36. The molecular weight excluding hydrogens is 373 g/mol. The molecule has 3 aromatic rings. The van der Waals surface area contributed by atoms with Gasteiger partial charge in [-0.1, -0.05) is 11.6 Å². The lowest BCUT2D eigenvalue weighted by Gasteiger charge is -2.12. The molecule has 0 fully saturated rings. The number of hydrogen-bond acceptors (Lipinski definition) is 3. The average Bonchev–Trinajstić information content (AvgIpc) is 3.01. The van der Waals surface area contributed by atoms with Crippen LogP contribution in [0.5, 0.6) is 11.5 Å². The van der Waals surface area contributed by atoms with E-state index in [0.717, 1.165) is 0 Å². The zero-order valence-electron chi connectivity index (χ0n) is 12.9. The summed E-state index contributed by atoms with van der Waals surface area (Å²) in [6, 6.07) is 8.05. The number of halogens is 4. The van der Waals surface area contributed by atoms with Crippen molar-refractivity contribution in [3.63, 3.8) is 0 Å². The molecule has 0 aliphatic rings. The third-order valence-corrected chi connectivity index (χ3v) is 3.67. The molecule has 0 unspecified atom stereocenters. The molecule has 0 bridgehead atoms. The van der Waals surface area contributed by atoms with E-state index in [2.05, 4.69) is 0 Å². The predicted molar refractivity (Wildman–Crippen MR) is 86.3 cm³/mol. The van der Waals surface area contributed by atoms with Crippen LogP contribution >= 0.6 is 11.6 Å².